The second-order valence-electron chi connectivity index (χ2n) is 2.38. The summed E-state index contributed by atoms with van der Waals surface area (Å²) in [6, 6.07) is 1.93. The predicted octanol–water partition coefficient (Wildman–Crippen LogP) is 0.358. The van der Waals surface area contributed by atoms with Crippen LogP contribution in [0, 0.1) is 11.3 Å². The van der Waals surface area contributed by atoms with Crippen LogP contribution in [0.4, 0.5) is 0 Å². The highest BCUT2D eigenvalue weighted by Gasteiger charge is 1.98. The van der Waals surface area contributed by atoms with Crippen LogP contribution in [0.1, 0.15) is 6.42 Å². The van der Waals surface area contributed by atoms with E-state index < -0.39 is 0 Å². The third-order valence-corrected chi connectivity index (χ3v) is 1.29. The standard InChI is InChI=1S/C8H12ClN3O/c1-7(9)5-11-6-8(13)12-4-2-3-10/h11H,1-2,4-6H2,(H,12,13). The lowest BCUT2D eigenvalue weighted by Gasteiger charge is -2.03. The van der Waals surface area contributed by atoms with Crippen molar-refractivity contribution in [2.24, 2.45) is 0 Å². The topological polar surface area (TPSA) is 64.9 Å². The molecule has 1 amide bonds. The van der Waals surface area contributed by atoms with Crippen LogP contribution in [0.15, 0.2) is 11.6 Å². The van der Waals surface area contributed by atoms with Gasteiger partial charge < -0.3 is 10.6 Å². The Balaban J connectivity index is 3.31. The van der Waals surface area contributed by atoms with Crippen LogP contribution in [0.25, 0.3) is 0 Å². The fourth-order valence-electron chi connectivity index (χ4n) is 0.632. The summed E-state index contributed by atoms with van der Waals surface area (Å²) >= 11 is 5.46. The Labute approximate surface area is 82.6 Å². The molecule has 0 atom stereocenters. The van der Waals surface area contributed by atoms with Gasteiger partial charge in [-0.3, -0.25) is 4.79 Å². The van der Waals surface area contributed by atoms with Gasteiger partial charge in [-0.1, -0.05) is 18.2 Å². The average molecular weight is 202 g/mol. The molecule has 0 unspecified atom stereocenters. The minimum Gasteiger partial charge on any atom is -0.354 e. The number of nitriles is 1. The first-order valence-electron chi connectivity index (χ1n) is 3.84. The lowest BCUT2D eigenvalue weighted by Crippen LogP contribution is -2.34. The van der Waals surface area contributed by atoms with E-state index in [2.05, 4.69) is 17.2 Å². The molecule has 0 fully saturated rings. The number of halogens is 1. The first-order valence-corrected chi connectivity index (χ1v) is 4.22. The van der Waals surface area contributed by atoms with Gasteiger partial charge in [0.2, 0.25) is 5.91 Å². The van der Waals surface area contributed by atoms with E-state index in [0.29, 0.717) is 24.5 Å². The predicted molar refractivity (Wildman–Crippen MR) is 51.1 cm³/mol. The van der Waals surface area contributed by atoms with Crippen molar-refractivity contribution >= 4 is 17.5 Å². The second-order valence-corrected chi connectivity index (χ2v) is 2.91. The molecule has 0 heterocycles. The molecule has 2 N–H and O–H groups in total. The molecule has 4 nitrogen and oxygen atoms in total. The molecule has 0 radical (unpaired) electrons. The Morgan fingerprint density at radius 3 is 2.77 bits per heavy atom. The zero-order valence-corrected chi connectivity index (χ0v) is 8.02. The van der Waals surface area contributed by atoms with E-state index >= 15 is 0 Å². The quantitative estimate of drug-likeness (QED) is 0.610. The molecule has 5 heteroatoms. The highest BCUT2D eigenvalue weighted by Crippen LogP contribution is 1.91. The number of carbonyl (C=O) groups excluding carboxylic acids is 1. The third-order valence-electron chi connectivity index (χ3n) is 1.16. The number of carbonyl (C=O) groups is 1. The molecule has 13 heavy (non-hydrogen) atoms. The Morgan fingerprint density at radius 1 is 1.54 bits per heavy atom. The van der Waals surface area contributed by atoms with E-state index in [0.717, 1.165) is 0 Å². The van der Waals surface area contributed by atoms with Crippen LogP contribution in [0.2, 0.25) is 0 Å². The number of hydrogen-bond donors (Lipinski definition) is 2. The maximum Gasteiger partial charge on any atom is 0.234 e. The molecule has 0 spiro atoms. The maximum atomic E-state index is 10.9. The molecule has 72 valence electrons. The summed E-state index contributed by atoms with van der Waals surface area (Å²) in [7, 11) is 0. The fourth-order valence-corrected chi connectivity index (χ4v) is 0.726. The first-order chi connectivity index (χ1) is 6.16. The molecule has 0 aromatic rings. The summed E-state index contributed by atoms with van der Waals surface area (Å²) < 4.78 is 0. The summed E-state index contributed by atoms with van der Waals surface area (Å²) in [5.41, 5.74) is 0. The Kier molecular flexibility index (Phi) is 6.98. The van der Waals surface area contributed by atoms with Crippen LogP contribution in [-0.2, 0) is 4.79 Å². The Morgan fingerprint density at radius 2 is 2.23 bits per heavy atom. The van der Waals surface area contributed by atoms with E-state index in [4.69, 9.17) is 16.9 Å². The maximum absolute atomic E-state index is 10.9. The molecule has 0 saturated carbocycles. The minimum absolute atomic E-state index is 0.145. The highest BCUT2D eigenvalue weighted by atomic mass is 35.5. The van der Waals surface area contributed by atoms with Gasteiger partial charge in [-0.05, 0) is 0 Å². The zero-order chi connectivity index (χ0) is 10.1. The van der Waals surface area contributed by atoms with Gasteiger partial charge in [-0.15, -0.1) is 0 Å². The van der Waals surface area contributed by atoms with Crippen molar-refractivity contribution in [1.82, 2.24) is 10.6 Å². The summed E-state index contributed by atoms with van der Waals surface area (Å²) in [5.74, 6) is -0.145. The van der Waals surface area contributed by atoms with Gasteiger partial charge >= 0.3 is 0 Å². The van der Waals surface area contributed by atoms with Gasteiger partial charge in [0.15, 0.2) is 0 Å². The Hall–Kier alpha value is -1.05. The molecule has 0 saturated heterocycles. The second kappa shape index (κ2) is 7.59. The number of rotatable bonds is 6. The van der Waals surface area contributed by atoms with Crippen LogP contribution in [0.3, 0.4) is 0 Å². The van der Waals surface area contributed by atoms with Crippen molar-refractivity contribution in [3.8, 4) is 6.07 Å². The molecule has 0 aliphatic heterocycles. The molecule has 0 aromatic heterocycles. The third kappa shape index (κ3) is 8.86. The summed E-state index contributed by atoms with van der Waals surface area (Å²) in [6.45, 7) is 4.44. The molecule has 0 aliphatic rings. The fraction of sp³-hybridized carbons (Fsp3) is 0.500. The van der Waals surface area contributed by atoms with Crippen molar-refractivity contribution in [3.05, 3.63) is 11.6 Å². The van der Waals surface area contributed by atoms with Crippen molar-refractivity contribution in [2.45, 2.75) is 6.42 Å². The van der Waals surface area contributed by atoms with E-state index in [9.17, 15) is 4.79 Å². The van der Waals surface area contributed by atoms with Gasteiger partial charge in [0.05, 0.1) is 19.0 Å². The lowest BCUT2D eigenvalue weighted by molar-refractivity contribution is -0.120. The van der Waals surface area contributed by atoms with E-state index in [1.165, 1.54) is 0 Å². The summed E-state index contributed by atoms with van der Waals surface area (Å²) in [4.78, 5) is 10.9. The van der Waals surface area contributed by atoms with Gasteiger partial charge in [-0.2, -0.15) is 5.26 Å². The lowest BCUT2D eigenvalue weighted by atomic mass is 10.4. The molecule has 0 rings (SSSR count). The summed E-state index contributed by atoms with van der Waals surface area (Å²) in [6.07, 6.45) is 0.327. The van der Waals surface area contributed by atoms with Gasteiger partial charge in [-0.25, -0.2) is 0 Å². The average Bonchev–Trinajstić information content (AvgIpc) is 2.04. The Bertz CT molecular complexity index is 222. The number of hydrogen-bond acceptors (Lipinski definition) is 3. The van der Waals surface area contributed by atoms with Crippen molar-refractivity contribution in [3.63, 3.8) is 0 Å². The molecule has 0 bridgehead atoms. The molecule has 0 aromatic carbocycles. The van der Waals surface area contributed by atoms with Crippen LogP contribution >= 0.6 is 11.6 Å². The van der Waals surface area contributed by atoms with Crippen molar-refractivity contribution < 1.29 is 4.79 Å². The van der Waals surface area contributed by atoms with Crippen LogP contribution in [-0.4, -0.2) is 25.5 Å². The van der Waals surface area contributed by atoms with Crippen LogP contribution in [0.5, 0.6) is 0 Å². The van der Waals surface area contributed by atoms with Gasteiger partial charge in [0.25, 0.3) is 0 Å². The number of nitrogens with zero attached hydrogens (tertiary/aromatic N) is 1. The smallest absolute Gasteiger partial charge is 0.234 e. The minimum atomic E-state index is -0.145. The monoisotopic (exact) mass is 201 g/mol. The zero-order valence-electron chi connectivity index (χ0n) is 7.27. The number of amides is 1. The molecular formula is C8H12ClN3O. The number of nitrogens with one attached hydrogen (secondary N) is 2. The molecule has 0 aliphatic carbocycles. The van der Waals surface area contributed by atoms with Crippen molar-refractivity contribution in [1.29, 1.82) is 5.26 Å². The van der Waals surface area contributed by atoms with Gasteiger partial charge in [0, 0.05) is 18.1 Å². The van der Waals surface area contributed by atoms with Crippen molar-refractivity contribution in [2.75, 3.05) is 19.6 Å². The van der Waals surface area contributed by atoms with E-state index in [-0.39, 0.29) is 12.5 Å². The van der Waals surface area contributed by atoms with E-state index in [1.807, 2.05) is 6.07 Å². The largest absolute Gasteiger partial charge is 0.354 e. The highest BCUT2D eigenvalue weighted by molar-refractivity contribution is 6.29. The first kappa shape index (κ1) is 11.9. The van der Waals surface area contributed by atoms with Crippen LogP contribution < -0.4 is 10.6 Å². The van der Waals surface area contributed by atoms with Gasteiger partial charge in [0.1, 0.15) is 0 Å². The SMILES string of the molecule is C=C(Cl)CNCC(=O)NCCC#N. The molecular weight excluding hydrogens is 190 g/mol. The van der Waals surface area contributed by atoms with E-state index in [1.54, 1.807) is 0 Å². The normalized spacial score (nSPS) is 8.92. The summed E-state index contributed by atoms with van der Waals surface area (Å²) in [5, 5.41) is 14.0.